The maximum Gasteiger partial charge on any atom is 0.354 e. The van der Waals surface area contributed by atoms with Crippen molar-refractivity contribution in [2.24, 2.45) is 16.1 Å². The van der Waals surface area contributed by atoms with Gasteiger partial charge in [-0.05, 0) is 31.4 Å². The SMILES string of the molecule is CCOC(=O)C1=NN=C(Cc2ccccc2F)CCC1C. The Balaban J connectivity index is 2.15. The van der Waals surface area contributed by atoms with Crippen molar-refractivity contribution >= 4 is 17.4 Å². The highest BCUT2D eigenvalue weighted by atomic mass is 19.1. The number of rotatable bonds is 4. The number of nitrogens with zero attached hydrogens (tertiary/aromatic N) is 2. The van der Waals surface area contributed by atoms with Gasteiger partial charge in [-0.3, -0.25) is 0 Å². The van der Waals surface area contributed by atoms with E-state index in [-0.39, 0.29) is 11.7 Å². The minimum atomic E-state index is -0.416. The number of hydrogen-bond acceptors (Lipinski definition) is 4. The maximum atomic E-state index is 13.7. The predicted molar refractivity (Wildman–Crippen MR) is 80.0 cm³/mol. The summed E-state index contributed by atoms with van der Waals surface area (Å²) in [6, 6.07) is 6.63. The lowest BCUT2D eigenvalue weighted by Gasteiger charge is -2.10. The van der Waals surface area contributed by atoms with Gasteiger partial charge in [0.25, 0.3) is 0 Å². The molecule has 0 fully saturated rings. The van der Waals surface area contributed by atoms with E-state index in [2.05, 4.69) is 10.2 Å². The van der Waals surface area contributed by atoms with E-state index in [1.165, 1.54) is 6.07 Å². The molecular formula is C16H19FN2O2. The molecule has 1 unspecified atom stereocenters. The van der Waals surface area contributed by atoms with E-state index in [0.717, 1.165) is 12.1 Å². The van der Waals surface area contributed by atoms with Crippen molar-refractivity contribution in [1.82, 2.24) is 0 Å². The summed E-state index contributed by atoms with van der Waals surface area (Å²) in [5.74, 6) is -0.668. The van der Waals surface area contributed by atoms with Gasteiger partial charge in [0.1, 0.15) is 5.82 Å². The van der Waals surface area contributed by atoms with E-state index < -0.39 is 5.97 Å². The van der Waals surface area contributed by atoms with Crippen LogP contribution in [-0.2, 0) is 16.0 Å². The van der Waals surface area contributed by atoms with E-state index in [9.17, 15) is 9.18 Å². The number of halogens is 1. The first-order valence-electron chi connectivity index (χ1n) is 7.15. The molecule has 0 aliphatic carbocycles. The molecule has 0 bridgehead atoms. The van der Waals surface area contributed by atoms with Gasteiger partial charge in [-0.2, -0.15) is 5.10 Å². The molecule has 1 aromatic rings. The van der Waals surface area contributed by atoms with E-state index in [1.54, 1.807) is 25.1 Å². The zero-order valence-electron chi connectivity index (χ0n) is 12.3. The summed E-state index contributed by atoms with van der Waals surface area (Å²) in [6.07, 6.45) is 1.87. The van der Waals surface area contributed by atoms with Gasteiger partial charge in [-0.25, -0.2) is 9.18 Å². The smallest absolute Gasteiger partial charge is 0.354 e. The topological polar surface area (TPSA) is 51.0 Å². The lowest BCUT2D eigenvalue weighted by atomic mass is 9.96. The summed E-state index contributed by atoms with van der Waals surface area (Å²) in [6.45, 7) is 4.00. The summed E-state index contributed by atoms with van der Waals surface area (Å²) < 4.78 is 18.6. The van der Waals surface area contributed by atoms with Crippen molar-refractivity contribution < 1.29 is 13.9 Å². The van der Waals surface area contributed by atoms with Crippen LogP contribution in [0.25, 0.3) is 0 Å². The second-order valence-corrected chi connectivity index (χ2v) is 5.08. The third-order valence-electron chi connectivity index (χ3n) is 3.47. The van der Waals surface area contributed by atoms with Gasteiger partial charge in [0, 0.05) is 18.1 Å². The van der Waals surface area contributed by atoms with Crippen molar-refractivity contribution in [2.75, 3.05) is 6.61 Å². The molecule has 1 aliphatic rings. The molecule has 0 aromatic heterocycles. The molecule has 0 spiro atoms. The first-order valence-corrected chi connectivity index (χ1v) is 7.15. The van der Waals surface area contributed by atoms with Crippen molar-refractivity contribution in [3.05, 3.63) is 35.6 Å². The minimum absolute atomic E-state index is 0.00841. The van der Waals surface area contributed by atoms with Crippen LogP contribution in [0.1, 0.15) is 32.3 Å². The fraction of sp³-hybridized carbons (Fsp3) is 0.438. The second-order valence-electron chi connectivity index (χ2n) is 5.08. The number of benzene rings is 1. The quantitative estimate of drug-likeness (QED) is 0.800. The Morgan fingerprint density at radius 2 is 2.14 bits per heavy atom. The van der Waals surface area contributed by atoms with Crippen molar-refractivity contribution in [1.29, 1.82) is 0 Å². The van der Waals surface area contributed by atoms with Crippen LogP contribution >= 0.6 is 0 Å². The van der Waals surface area contributed by atoms with Crippen molar-refractivity contribution in [3.8, 4) is 0 Å². The minimum Gasteiger partial charge on any atom is -0.461 e. The van der Waals surface area contributed by atoms with Gasteiger partial charge in [0.05, 0.1) is 6.61 Å². The molecule has 112 valence electrons. The molecule has 21 heavy (non-hydrogen) atoms. The number of esters is 1. The molecule has 0 saturated carbocycles. The number of carbonyl (C=O) groups is 1. The van der Waals surface area contributed by atoms with E-state index in [4.69, 9.17) is 4.74 Å². The van der Waals surface area contributed by atoms with Crippen LogP contribution in [-0.4, -0.2) is 24.0 Å². The van der Waals surface area contributed by atoms with Crippen molar-refractivity contribution in [3.63, 3.8) is 0 Å². The second kappa shape index (κ2) is 7.11. The Hall–Kier alpha value is -2.04. The zero-order chi connectivity index (χ0) is 15.2. The summed E-state index contributed by atoms with van der Waals surface area (Å²) >= 11 is 0. The Kier molecular flexibility index (Phi) is 5.20. The van der Waals surface area contributed by atoms with Gasteiger partial charge >= 0.3 is 5.97 Å². The Labute approximate surface area is 123 Å². The van der Waals surface area contributed by atoms with Crippen LogP contribution in [0.5, 0.6) is 0 Å². The fourth-order valence-electron chi connectivity index (χ4n) is 2.23. The van der Waals surface area contributed by atoms with E-state index in [1.807, 2.05) is 6.92 Å². The lowest BCUT2D eigenvalue weighted by Crippen LogP contribution is -2.23. The molecule has 0 saturated heterocycles. The summed E-state index contributed by atoms with van der Waals surface area (Å²) in [7, 11) is 0. The highest BCUT2D eigenvalue weighted by molar-refractivity contribution is 6.37. The van der Waals surface area contributed by atoms with Crippen LogP contribution in [0.4, 0.5) is 4.39 Å². The van der Waals surface area contributed by atoms with Gasteiger partial charge in [-0.1, -0.05) is 25.1 Å². The first-order chi connectivity index (χ1) is 10.1. The molecule has 1 aromatic carbocycles. The summed E-state index contributed by atoms with van der Waals surface area (Å²) in [5, 5.41) is 8.17. The summed E-state index contributed by atoms with van der Waals surface area (Å²) in [5.41, 5.74) is 1.73. The monoisotopic (exact) mass is 290 g/mol. The van der Waals surface area contributed by atoms with Gasteiger partial charge < -0.3 is 4.74 Å². The number of carbonyl (C=O) groups excluding carboxylic acids is 1. The molecule has 1 heterocycles. The molecule has 1 aliphatic heterocycles. The van der Waals surface area contributed by atoms with Gasteiger partial charge in [-0.15, -0.1) is 5.10 Å². The third-order valence-corrected chi connectivity index (χ3v) is 3.47. The Morgan fingerprint density at radius 1 is 1.38 bits per heavy atom. The molecule has 5 heteroatoms. The highest BCUT2D eigenvalue weighted by Gasteiger charge is 2.23. The Bertz CT molecular complexity index is 581. The molecule has 4 nitrogen and oxygen atoms in total. The fourth-order valence-corrected chi connectivity index (χ4v) is 2.23. The maximum absolute atomic E-state index is 13.7. The zero-order valence-corrected chi connectivity index (χ0v) is 12.3. The van der Waals surface area contributed by atoms with E-state index >= 15 is 0 Å². The lowest BCUT2D eigenvalue weighted by molar-refractivity contribution is -0.135. The molecule has 0 N–H and O–H groups in total. The van der Waals surface area contributed by atoms with Crippen LogP contribution in [0.15, 0.2) is 34.5 Å². The normalized spacial score (nSPS) is 18.5. The largest absolute Gasteiger partial charge is 0.461 e. The highest BCUT2D eigenvalue weighted by Crippen LogP contribution is 2.17. The molecule has 0 radical (unpaired) electrons. The van der Waals surface area contributed by atoms with Crippen LogP contribution in [0.3, 0.4) is 0 Å². The molecule has 0 amide bonds. The standard InChI is InChI=1S/C16H19FN2O2/c1-3-21-16(20)15-11(2)8-9-13(18-19-15)10-12-6-4-5-7-14(12)17/h4-7,11H,3,8-10H2,1-2H3. The average molecular weight is 290 g/mol. The van der Waals surface area contributed by atoms with E-state index in [0.29, 0.717) is 30.7 Å². The molecule has 1 atom stereocenters. The number of ether oxygens (including phenoxy) is 1. The van der Waals surface area contributed by atoms with Crippen LogP contribution in [0, 0.1) is 11.7 Å². The molecule has 2 rings (SSSR count). The molecular weight excluding hydrogens is 271 g/mol. The van der Waals surface area contributed by atoms with Gasteiger partial charge in [0.2, 0.25) is 0 Å². The van der Waals surface area contributed by atoms with Gasteiger partial charge in [0.15, 0.2) is 5.71 Å². The first kappa shape index (κ1) is 15.4. The Morgan fingerprint density at radius 3 is 2.86 bits per heavy atom. The average Bonchev–Trinajstić information content (AvgIpc) is 2.64. The third kappa shape index (κ3) is 3.97. The summed E-state index contributed by atoms with van der Waals surface area (Å²) in [4.78, 5) is 11.8. The van der Waals surface area contributed by atoms with Crippen molar-refractivity contribution in [2.45, 2.75) is 33.1 Å². The van der Waals surface area contributed by atoms with Crippen LogP contribution in [0.2, 0.25) is 0 Å². The van der Waals surface area contributed by atoms with Crippen LogP contribution < -0.4 is 0 Å². The predicted octanol–water partition coefficient (Wildman–Crippen LogP) is 3.16. The number of hydrogen-bond donors (Lipinski definition) is 0.